The SMILES string of the molecule is O=C(N[C@H]1CCCN2c3c(Br)cc(F)cc3Oc3ccccc3[C@@H]12)C(F)(F)F. The zero-order valence-electron chi connectivity index (χ0n) is 14.4. The molecule has 1 N–H and O–H groups in total. The third-order valence-corrected chi connectivity index (χ3v) is 5.55. The molecule has 0 aromatic heterocycles. The fourth-order valence-electron chi connectivity index (χ4n) is 3.87. The average molecular weight is 459 g/mol. The van der Waals surface area contributed by atoms with E-state index in [2.05, 4.69) is 21.2 Å². The Morgan fingerprint density at radius 3 is 2.71 bits per heavy atom. The molecule has 0 radical (unpaired) electrons. The highest BCUT2D eigenvalue weighted by Gasteiger charge is 2.44. The fourth-order valence-corrected chi connectivity index (χ4v) is 4.51. The zero-order valence-corrected chi connectivity index (χ0v) is 16.0. The minimum Gasteiger partial charge on any atom is -0.455 e. The number of nitrogens with zero attached hydrogens (tertiary/aromatic N) is 1. The summed E-state index contributed by atoms with van der Waals surface area (Å²) in [5.74, 6) is -1.78. The van der Waals surface area contributed by atoms with Crippen molar-refractivity contribution in [1.82, 2.24) is 5.32 Å². The number of nitrogens with one attached hydrogen (secondary N) is 1. The van der Waals surface area contributed by atoms with Crippen molar-refractivity contribution >= 4 is 27.5 Å². The Balaban J connectivity index is 1.84. The van der Waals surface area contributed by atoms with E-state index in [9.17, 15) is 22.4 Å². The van der Waals surface area contributed by atoms with Crippen LogP contribution in [0.3, 0.4) is 0 Å². The Bertz CT molecular complexity index is 935. The summed E-state index contributed by atoms with van der Waals surface area (Å²) in [5.41, 5.74) is 1.19. The smallest absolute Gasteiger partial charge is 0.455 e. The number of anilines is 1. The zero-order chi connectivity index (χ0) is 20.1. The lowest BCUT2D eigenvalue weighted by atomic mass is 9.89. The first-order chi connectivity index (χ1) is 13.3. The topological polar surface area (TPSA) is 41.6 Å². The molecule has 4 nitrogen and oxygen atoms in total. The Morgan fingerprint density at radius 2 is 1.96 bits per heavy atom. The van der Waals surface area contributed by atoms with Gasteiger partial charge in [-0.05, 0) is 40.9 Å². The van der Waals surface area contributed by atoms with Crippen LogP contribution in [0.25, 0.3) is 0 Å². The van der Waals surface area contributed by atoms with E-state index in [1.807, 2.05) is 4.90 Å². The van der Waals surface area contributed by atoms with Gasteiger partial charge in [-0.1, -0.05) is 18.2 Å². The molecule has 2 aliphatic heterocycles. The van der Waals surface area contributed by atoms with Gasteiger partial charge in [-0.15, -0.1) is 0 Å². The van der Waals surface area contributed by atoms with Crippen molar-refractivity contribution in [2.24, 2.45) is 0 Å². The average Bonchev–Trinajstić information content (AvgIpc) is 2.75. The number of fused-ring (bicyclic) bond motifs is 5. The lowest BCUT2D eigenvalue weighted by molar-refractivity contribution is -0.174. The maximum absolute atomic E-state index is 14.0. The maximum Gasteiger partial charge on any atom is 0.471 e. The van der Waals surface area contributed by atoms with Crippen LogP contribution in [-0.4, -0.2) is 24.7 Å². The van der Waals surface area contributed by atoms with E-state index < -0.39 is 30.0 Å². The molecule has 9 heteroatoms. The van der Waals surface area contributed by atoms with Gasteiger partial charge in [-0.25, -0.2) is 4.39 Å². The molecule has 0 aliphatic carbocycles. The summed E-state index contributed by atoms with van der Waals surface area (Å²) in [4.78, 5) is 13.5. The van der Waals surface area contributed by atoms with Crippen LogP contribution in [0, 0.1) is 5.82 Å². The molecule has 2 aromatic rings. The summed E-state index contributed by atoms with van der Waals surface area (Å²) in [7, 11) is 0. The van der Waals surface area contributed by atoms with Gasteiger partial charge in [-0.3, -0.25) is 4.79 Å². The fraction of sp³-hybridized carbons (Fsp3) is 0.316. The van der Waals surface area contributed by atoms with Gasteiger partial charge in [0.15, 0.2) is 5.75 Å². The minimum absolute atomic E-state index is 0.268. The molecule has 4 rings (SSSR count). The lowest BCUT2D eigenvalue weighted by Crippen LogP contribution is -2.52. The second kappa shape index (κ2) is 6.95. The molecule has 0 saturated carbocycles. The number of benzene rings is 2. The molecule has 1 saturated heterocycles. The third-order valence-electron chi connectivity index (χ3n) is 4.94. The Hall–Kier alpha value is -2.29. The molecule has 28 heavy (non-hydrogen) atoms. The monoisotopic (exact) mass is 458 g/mol. The normalized spacial score (nSPS) is 21.0. The second-order valence-electron chi connectivity index (χ2n) is 6.73. The van der Waals surface area contributed by atoms with Crippen molar-refractivity contribution < 1.29 is 27.1 Å². The number of piperidine rings is 1. The number of amides is 1. The Labute approximate surface area is 166 Å². The van der Waals surface area contributed by atoms with Crippen molar-refractivity contribution in [3.05, 3.63) is 52.3 Å². The van der Waals surface area contributed by atoms with Gasteiger partial charge in [0, 0.05) is 22.6 Å². The van der Waals surface area contributed by atoms with Gasteiger partial charge in [0.2, 0.25) is 0 Å². The third kappa shape index (κ3) is 3.32. The summed E-state index contributed by atoms with van der Waals surface area (Å²) in [5, 5.41) is 2.14. The van der Waals surface area contributed by atoms with Crippen LogP contribution in [-0.2, 0) is 4.79 Å². The number of carbonyl (C=O) groups excluding carboxylic acids is 1. The number of alkyl halides is 3. The van der Waals surface area contributed by atoms with E-state index in [1.54, 1.807) is 24.3 Å². The summed E-state index contributed by atoms with van der Waals surface area (Å²) >= 11 is 3.35. The van der Waals surface area contributed by atoms with Gasteiger partial charge in [-0.2, -0.15) is 13.2 Å². The number of para-hydroxylation sites is 1. The highest BCUT2D eigenvalue weighted by atomic mass is 79.9. The highest BCUT2D eigenvalue weighted by Crippen LogP contribution is 2.50. The number of halogens is 5. The van der Waals surface area contributed by atoms with Gasteiger partial charge >= 0.3 is 12.1 Å². The first kappa shape index (κ1) is 19.0. The summed E-state index contributed by atoms with van der Waals surface area (Å²) < 4.78 is 58.9. The number of hydrogen-bond donors (Lipinski definition) is 1. The molecule has 1 amide bonds. The van der Waals surface area contributed by atoms with Crippen LogP contribution in [0.15, 0.2) is 40.9 Å². The van der Waals surface area contributed by atoms with E-state index >= 15 is 0 Å². The maximum atomic E-state index is 14.0. The van der Waals surface area contributed by atoms with Gasteiger partial charge in [0.05, 0.1) is 17.8 Å². The van der Waals surface area contributed by atoms with Crippen molar-refractivity contribution in [2.75, 3.05) is 11.4 Å². The Kier molecular flexibility index (Phi) is 4.73. The predicted molar refractivity (Wildman–Crippen MR) is 97.9 cm³/mol. The minimum atomic E-state index is -4.97. The first-order valence-corrected chi connectivity index (χ1v) is 9.45. The number of carbonyl (C=O) groups is 1. The van der Waals surface area contributed by atoms with Crippen LogP contribution >= 0.6 is 15.9 Å². The standard InChI is InChI=1S/C19H15BrF4N2O2/c20-12-8-10(21)9-15-17(12)26-7-3-5-13(25-18(27)19(22,23)24)16(26)11-4-1-2-6-14(11)28-15/h1-2,4,6,8-9,13,16H,3,5,7H2,(H,25,27)/t13-,16-/m0/s1. The van der Waals surface area contributed by atoms with Crippen molar-refractivity contribution in [2.45, 2.75) is 31.1 Å². The van der Waals surface area contributed by atoms with Crippen molar-refractivity contribution in [3.8, 4) is 11.5 Å². The number of hydrogen-bond acceptors (Lipinski definition) is 3. The largest absolute Gasteiger partial charge is 0.471 e. The van der Waals surface area contributed by atoms with E-state index in [4.69, 9.17) is 4.74 Å². The number of rotatable bonds is 1. The van der Waals surface area contributed by atoms with Crippen molar-refractivity contribution in [3.63, 3.8) is 0 Å². The summed E-state index contributed by atoms with van der Waals surface area (Å²) in [6.07, 6.45) is -4.03. The molecule has 0 spiro atoms. The first-order valence-electron chi connectivity index (χ1n) is 8.66. The molecule has 1 fully saturated rings. The summed E-state index contributed by atoms with van der Waals surface area (Å²) in [6.45, 7) is 0.526. The van der Waals surface area contributed by atoms with Crippen LogP contribution in [0.1, 0.15) is 24.4 Å². The quantitative estimate of drug-likeness (QED) is 0.605. The molecular formula is C19H15BrF4N2O2. The predicted octanol–water partition coefficient (Wildman–Crippen LogP) is 5.08. The van der Waals surface area contributed by atoms with Gasteiger partial charge in [0.1, 0.15) is 11.6 Å². The van der Waals surface area contributed by atoms with E-state index in [0.29, 0.717) is 40.9 Å². The van der Waals surface area contributed by atoms with Crippen LogP contribution in [0.4, 0.5) is 23.2 Å². The molecule has 0 unspecified atom stereocenters. The van der Waals surface area contributed by atoms with E-state index in [1.165, 1.54) is 12.1 Å². The van der Waals surface area contributed by atoms with Crippen LogP contribution in [0.2, 0.25) is 0 Å². The van der Waals surface area contributed by atoms with Crippen molar-refractivity contribution in [1.29, 1.82) is 0 Å². The van der Waals surface area contributed by atoms with Gasteiger partial charge in [0.25, 0.3) is 0 Å². The molecule has 148 valence electrons. The van der Waals surface area contributed by atoms with E-state index in [-0.39, 0.29) is 5.75 Å². The summed E-state index contributed by atoms with van der Waals surface area (Å²) in [6, 6.07) is 8.08. The molecule has 2 atom stereocenters. The van der Waals surface area contributed by atoms with Crippen LogP contribution < -0.4 is 15.0 Å². The Morgan fingerprint density at radius 1 is 1.21 bits per heavy atom. The molecule has 2 aliphatic rings. The van der Waals surface area contributed by atoms with Gasteiger partial charge < -0.3 is 15.0 Å². The second-order valence-corrected chi connectivity index (χ2v) is 7.59. The lowest BCUT2D eigenvalue weighted by Gasteiger charge is -2.42. The molecular weight excluding hydrogens is 444 g/mol. The molecule has 2 heterocycles. The van der Waals surface area contributed by atoms with Crippen LogP contribution in [0.5, 0.6) is 11.5 Å². The molecule has 2 aromatic carbocycles. The highest BCUT2D eigenvalue weighted by molar-refractivity contribution is 9.10. The number of ether oxygens (including phenoxy) is 1. The molecule has 0 bridgehead atoms. The van der Waals surface area contributed by atoms with E-state index in [0.717, 1.165) is 0 Å².